The molecule has 0 N–H and O–H groups in total. The Morgan fingerprint density at radius 3 is 2.37 bits per heavy atom. The molecule has 3 heteroatoms. The second-order valence-corrected chi connectivity index (χ2v) is 4.12. The Bertz CT molecular complexity index is 549. The Labute approximate surface area is 112 Å². The number of carbonyl (C=O) groups is 1. The van der Waals surface area contributed by atoms with Crippen molar-refractivity contribution in [2.45, 2.75) is 6.10 Å². The van der Waals surface area contributed by atoms with E-state index in [9.17, 15) is 4.79 Å². The van der Waals surface area contributed by atoms with Crippen LogP contribution in [0.1, 0.15) is 22.0 Å². The van der Waals surface area contributed by atoms with Gasteiger partial charge in [-0.1, -0.05) is 42.5 Å². The number of ether oxygens (including phenoxy) is 2. The highest BCUT2D eigenvalue weighted by atomic mass is 16.5. The zero-order valence-corrected chi connectivity index (χ0v) is 11.0. The average molecular weight is 256 g/mol. The maximum absolute atomic E-state index is 12.5. The topological polar surface area (TPSA) is 35.5 Å². The van der Waals surface area contributed by atoms with E-state index in [4.69, 9.17) is 9.47 Å². The summed E-state index contributed by atoms with van der Waals surface area (Å²) in [7, 11) is 3.12. The molecule has 19 heavy (non-hydrogen) atoms. The molecule has 0 spiro atoms. The summed E-state index contributed by atoms with van der Waals surface area (Å²) in [4.78, 5) is 12.5. The van der Waals surface area contributed by atoms with Crippen molar-refractivity contribution >= 4 is 5.78 Å². The van der Waals surface area contributed by atoms with Gasteiger partial charge in [-0.3, -0.25) is 4.79 Å². The minimum Gasteiger partial charge on any atom is -0.497 e. The molecule has 2 aromatic rings. The summed E-state index contributed by atoms with van der Waals surface area (Å²) in [6.45, 7) is 0. The lowest BCUT2D eigenvalue weighted by Gasteiger charge is -2.15. The smallest absolute Gasteiger partial charge is 0.196 e. The zero-order valence-electron chi connectivity index (χ0n) is 11.0. The van der Waals surface area contributed by atoms with Crippen LogP contribution in [-0.4, -0.2) is 20.0 Å². The normalized spacial score (nSPS) is 11.9. The lowest BCUT2D eigenvalue weighted by molar-refractivity contribution is 0.0604. The van der Waals surface area contributed by atoms with E-state index in [1.807, 2.05) is 30.3 Å². The molecule has 0 fully saturated rings. The average Bonchev–Trinajstić information content (AvgIpc) is 2.49. The second-order valence-electron chi connectivity index (χ2n) is 4.12. The van der Waals surface area contributed by atoms with Gasteiger partial charge in [-0.15, -0.1) is 0 Å². The third kappa shape index (κ3) is 3.01. The van der Waals surface area contributed by atoms with Crippen LogP contribution in [0, 0.1) is 0 Å². The number of hydrogen-bond acceptors (Lipinski definition) is 3. The number of benzene rings is 2. The minimum atomic E-state index is -0.590. The number of rotatable bonds is 5. The fraction of sp³-hybridized carbons (Fsp3) is 0.188. The summed E-state index contributed by atoms with van der Waals surface area (Å²) in [6.07, 6.45) is -0.590. The quantitative estimate of drug-likeness (QED) is 0.770. The molecule has 0 saturated carbocycles. The van der Waals surface area contributed by atoms with Crippen LogP contribution in [0.25, 0.3) is 0 Å². The Balaban J connectivity index is 2.30. The summed E-state index contributed by atoms with van der Waals surface area (Å²) in [5.41, 5.74) is 1.42. The maximum Gasteiger partial charge on any atom is 0.196 e. The number of methoxy groups -OCH3 is 2. The molecule has 1 atom stereocenters. The molecule has 2 rings (SSSR count). The third-order valence-corrected chi connectivity index (χ3v) is 2.93. The van der Waals surface area contributed by atoms with E-state index >= 15 is 0 Å². The molecule has 0 saturated heterocycles. The Kier molecular flexibility index (Phi) is 4.31. The van der Waals surface area contributed by atoms with Crippen molar-refractivity contribution in [3.05, 3.63) is 65.7 Å². The molecule has 0 bridgehead atoms. The van der Waals surface area contributed by atoms with E-state index in [-0.39, 0.29) is 5.78 Å². The van der Waals surface area contributed by atoms with E-state index in [1.54, 1.807) is 31.4 Å². The van der Waals surface area contributed by atoms with Crippen molar-refractivity contribution < 1.29 is 14.3 Å². The van der Waals surface area contributed by atoms with Crippen molar-refractivity contribution in [2.24, 2.45) is 0 Å². The summed E-state index contributed by atoms with van der Waals surface area (Å²) in [5.74, 6) is 0.585. The van der Waals surface area contributed by atoms with Gasteiger partial charge in [0, 0.05) is 12.7 Å². The monoisotopic (exact) mass is 256 g/mol. The van der Waals surface area contributed by atoms with Crippen molar-refractivity contribution in [3.8, 4) is 5.75 Å². The number of hydrogen-bond donors (Lipinski definition) is 0. The minimum absolute atomic E-state index is 0.0763. The van der Waals surface area contributed by atoms with Crippen molar-refractivity contribution in [3.63, 3.8) is 0 Å². The molecule has 1 unspecified atom stereocenters. The van der Waals surface area contributed by atoms with Gasteiger partial charge in [0.15, 0.2) is 5.78 Å². The molecule has 3 nitrogen and oxygen atoms in total. The Hall–Kier alpha value is -2.13. The van der Waals surface area contributed by atoms with Gasteiger partial charge in [-0.05, 0) is 17.7 Å². The number of Topliss-reactive ketones (excluding diaryl/α,β-unsaturated/α-hetero) is 1. The number of carbonyl (C=O) groups excluding carboxylic acids is 1. The van der Waals surface area contributed by atoms with Crippen LogP contribution in [0.4, 0.5) is 0 Å². The summed E-state index contributed by atoms with van der Waals surface area (Å²) >= 11 is 0. The van der Waals surface area contributed by atoms with Gasteiger partial charge in [-0.25, -0.2) is 0 Å². The SMILES string of the molecule is COc1cccc(C(=O)C(OC)c2ccccc2)c1. The van der Waals surface area contributed by atoms with E-state index in [0.29, 0.717) is 11.3 Å². The lowest BCUT2D eigenvalue weighted by Crippen LogP contribution is -2.14. The highest BCUT2D eigenvalue weighted by molar-refractivity contribution is 6.00. The molecule has 2 aromatic carbocycles. The summed E-state index contributed by atoms with van der Waals surface area (Å²) < 4.78 is 10.5. The van der Waals surface area contributed by atoms with Gasteiger partial charge in [0.2, 0.25) is 0 Å². The lowest BCUT2D eigenvalue weighted by atomic mass is 10.00. The van der Waals surface area contributed by atoms with Crippen LogP contribution in [0.3, 0.4) is 0 Å². The molecule has 0 aromatic heterocycles. The predicted molar refractivity (Wildman–Crippen MR) is 73.5 cm³/mol. The van der Waals surface area contributed by atoms with Crippen LogP contribution >= 0.6 is 0 Å². The highest BCUT2D eigenvalue weighted by Gasteiger charge is 2.21. The molecule has 0 aliphatic rings. The molecule has 0 heterocycles. The fourth-order valence-corrected chi connectivity index (χ4v) is 1.95. The molecular formula is C16H16O3. The fourth-order valence-electron chi connectivity index (χ4n) is 1.95. The van der Waals surface area contributed by atoms with Gasteiger partial charge in [-0.2, -0.15) is 0 Å². The second kappa shape index (κ2) is 6.16. The van der Waals surface area contributed by atoms with Crippen molar-refractivity contribution in [1.82, 2.24) is 0 Å². The van der Waals surface area contributed by atoms with E-state index in [1.165, 1.54) is 7.11 Å². The first-order chi connectivity index (χ1) is 9.26. The van der Waals surface area contributed by atoms with Crippen LogP contribution in [0.15, 0.2) is 54.6 Å². The van der Waals surface area contributed by atoms with Gasteiger partial charge >= 0.3 is 0 Å². The van der Waals surface area contributed by atoms with Crippen LogP contribution in [0.5, 0.6) is 5.75 Å². The van der Waals surface area contributed by atoms with Crippen LogP contribution in [0.2, 0.25) is 0 Å². The molecular weight excluding hydrogens is 240 g/mol. The van der Waals surface area contributed by atoms with Crippen LogP contribution < -0.4 is 4.74 Å². The Morgan fingerprint density at radius 2 is 1.74 bits per heavy atom. The van der Waals surface area contributed by atoms with Crippen LogP contribution in [-0.2, 0) is 4.74 Å². The summed E-state index contributed by atoms with van der Waals surface area (Å²) in [5, 5.41) is 0. The predicted octanol–water partition coefficient (Wildman–Crippen LogP) is 3.27. The highest BCUT2D eigenvalue weighted by Crippen LogP contribution is 2.23. The molecule has 0 aliphatic carbocycles. The van der Waals surface area contributed by atoms with Gasteiger partial charge in [0.1, 0.15) is 11.9 Å². The first kappa shape index (κ1) is 13.3. The molecule has 0 aliphatic heterocycles. The van der Waals surface area contributed by atoms with E-state index in [2.05, 4.69) is 0 Å². The first-order valence-electron chi connectivity index (χ1n) is 6.02. The van der Waals surface area contributed by atoms with Gasteiger partial charge in [0.25, 0.3) is 0 Å². The third-order valence-electron chi connectivity index (χ3n) is 2.93. The maximum atomic E-state index is 12.5. The number of ketones is 1. The molecule has 0 radical (unpaired) electrons. The molecule has 0 amide bonds. The summed E-state index contributed by atoms with van der Waals surface area (Å²) in [6, 6.07) is 16.5. The van der Waals surface area contributed by atoms with Crippen molar-refractivity contribution in [2.75, 3.05) is 14.2 Å². The van der Waals surface area contributed by atoms with Gasteiger partial charge in [0.05, 0.1) is 7.11 Å². The van der Waals surface area contributed by atoms with Crippen molar-refractivity contribution in [1.29, 1.82) is 0 Å². The van der Waals surface area contributed by atoms with E-state index < -0.39 is 6.10 Å². The standard InChI is InChI=1S/C16H16O3/c1-18-14-10-6-9-13(11-14)15(17)16(19-2)12-7-4-3-5-8-12/h3-11,16H,1-2H3. The largest absolute Gasteiger partial charge is 0.497 e. The van der Waals surface area contributed by atoms with E-state index in [0.717, 1.165) is 5.56 Å². The van der Waals surface area contributed by atoms with Gasteiger partial charge < -0.3 is 9.47 Å². The molecule has 98 valence electrons. The Morgan fingerprint density at radius 1 is 1.00 bits per heavy atom. The first-order valence-corrected chi connectivity index (χ1v) is 6.02. The zero-order chi connectivity index (χ0) is 13.7.